The minimum atomic E-state index is 0.288. The van der Waals surface area contributed by atoms with Crippen molar-refractivity contribution in [2.45, 2.75) is 19.4 Å². The zero-order chi connectivity index (χ0) is 12.7. The predicted octanol–water partition coefficient (Wildman–Crippen LogP) is 5.01. The zero-order valence-electron chi connectivity index (χ0n) is 10.0. The molecule has 1 nitrogen and oxygen atoms in total. The number of hydrogen-bond acceptors (Lipinski definition) is 1. The van der Waals surface area contributed by atoms with Gasteiger partial charge in [0.1, 0.15) is 0 Å². The highest BCUT2D eigenvalue weighted by Crippen LogP contribution is 2.37. The van der Waals surface area contributed by atoms with E-state index >= 15 is 0 Å². The van der Waals surface area contributed by atoms with Gasteiger partial charge in [0.2, 0.25) is 0 Å². The number of anilines is 1. The Morgan fingerprint density at radius 1 is 1.11 bits per heavy atom. The van der Waals surface area contributed by atoms with E-state index in [1.807, 2.05) is 18.2 Å². The first kappa shape index (κ1) is 11.9. The van der Waals surface area contributed by atoms with Crippen molar-refractivity contribution < 1.29 is 0 Å². The fourth-order valence-electron chi connectivity index (χ4n) is 2.48. The third-order valence-corrected chi connectivity index (χ3v) is 4.19. The first-order chi connectivity index (χ1) is 8.65. The molecule has 0 saturated heterocycles. The Balaban J connectivity index is 1.94. The minimum Gasteiger partial charge on any atom is -0.377 e. The largest absolute Gasteiger partial charge is 0.377 e. The van der Waals surface area contributed by atoms with Crippen LogP contribution in [0, 0.1) is 6.92 Å². The Morgan fingerprint density at radius 2 is 1.94 bits per heavy atom. The molecule has 92 valence electrons. The topological polar surface area (TPSA) is 12.0 Å². The summed E-state index contributed by atoms with van der Waals surface area (Å²) in [6, 6.07) is 12.5. The summed E-state index contributed by atoms with van der Waals surface area (Å²) in [7, 11) is 0. The van der Waals surface area contributed by atoms with Gasteiger partial charge in [-0.05, 0) is 42.2 Å². The number of rotatable bonds is 1. The second-order valence-corrected chi connectivity index (χ2v) is 5.50. The maximum absolute atomic E-state index is 6.08. The van der Waals surface area contributed by atoms with E-state index in [0.29, 0.717) is 10.0 Å². The van der Waals surface area contributed by atoms with Crippen molar-refractivity contribution in [1.29, 1.82) is 0 Å². The fourth-order valence-corrected chi connectivity index (χ4v) is 2.79. The lowest BCUT2D eigenvalue weighted by Gasteiger charge is -2.13. The first-order valence-electron chi connectivity index (χ1n) is 5.95. The van der Waals surface area contributed by atoms with Gasteiger partial charge in [-0.15, -0.1) is 0 Å². The van der Waals surface area contributed by atoms with Gasteiger partial charge in [0.25, 0.3) is 0 Å². The molecular formula is C15H13Cl2N. The molecule has 1 unspecified atom stereocenters. The molecule has 0 aromatic heterocycles. The lowest BCUT2D eigenvalue weighted by molar-refractivity contribution is 0.824. The highest BCUT2D eigenvalue weighted by atomic mass is 35.5. The van der Waals surface area contributed by atoms with E-state index in [2.05, 4.69) is 30.4 Å². The van der Waals surface area contributed by atoms with Gasteiger partial charge in [-0.25, -0.2) is 0 Å². The molecule has 1 heterocycles. The van der Waals surface area contributed by atoms with E-state index in [0.717, 1.165) is 6.42 Å². The minimum absolute atomic E-state index is 0.288. The smallest absolute Gasteiger partial charge is 0.0595 e. The monoisotopic (exact) mass is 277 g/mol. The molecule has 2 aromatic rings. The van der Waals surface area contributed by atoms with Crippen LogP contribution in [0.5, 0.6) is 0 Å². The highest BCUT2D eigenvalue weighted by molar-refractivity contribution is 6.42. The summed E-state index contributed by atoms with van der Waals surface area (Å²) in [4.78, 5) is 0. The van der Waals surface area contributed by atoms with Crippen LogP contribution in [0.1, 0.15) is 22.7 Å². The number of benzene rings is 2. The summed E-state index contributed by atoms with van der Waals surface area (Å²) < 4.78 is 0. The van der Waals surface area contributed by atoms with Gasteiger partial charge >= 0.3 is 0 Å². The zero-order valence-corrected chi connectivity index (χ0v) is 11.5. The number of para-hydroxylation sites is 1. The molecule has 3 rings (SSSR count). The van der Waals surface area contributed by atoms with Gasteiger partial charge < -0.3 is 5.32 Å². The number of nitrogens with one attached hydrogen (secondary N) is 1. The van der Waals surface area contributed by atoms with Crippen molar-refractivity contribution in [2.75, 3.05) is 5.32 Å². The van der Waals surface area contributed by atoms with E-state index in [1.54, 1.807) is 0 Å². The lowest BCUT2D eigenvalue weighted by atomic mass is 10.0. The maximum Gasteiger partial charge on any atom is 0.0595 e. The molecule has 3 heteroatoms. The van der Waals surface area contributed by atoms with Crippen molar-refractivity contribution in [2.24, 2.45) is 0 Å². The fraction of sp³-hybridized carbons (Fsp3) is 0.200. The second kappa shape index (κ2) is 4.49. The van der Waals surface area contributed by atoms with E-state index in [1.165, 1.54) is 22.4 Å². The standard InChI is InChI=1S/C15H13Cl2N/c1-9-3-2-4-11-8-14(18-15(9)11)10-5-6-12(16)13(17)7-10/h2-7,14,18H,8H2,1H3. The molecule has 0 radical (unpaired) electrons. The first-order valence-corrected chi connectivity index (χ1v) is 6.71. The number of hydrogen-bond donors (Lipinski definition) is 1. The number of aryl methyl sites for hydroxylation is 1. The van der Waals surface area contributed by atoms with Crippen LogP contribution in [0.2, 0.25) is 10.0 Å². The van der Waals surface area contributed by atoms with Gasteiger partial charge in [0.05, 0.1) is 16.1 Å². The molecule has 1 aliphatic rings. The molecule has 1 N–H and O–H groups in total. The van der Waals surface area contributed by atoms with Crippen LogP contribution in [0.15, 0.2) is 36.4 Å². The van der Waals surface area contributed by atoms with Crippen molar-refractivity contribution in [3.8, 4) is 0 Å². The van der Waals surface area contributed by atoms with Crippen molar-refractivity contribution in [1.82, 2.24) is 0 Å². The van der Waals surface area contributed by atoms with Crippen LogP contribution in [0.3, 0.4) is 0 Å². The summed E-state index contributed by atoms with van der Waals surface area (Å²) in [5.41, 5.74) is 5.09. The third kappa shape index (κ3) is 1.98. The van der Waals surface area contributed by atoms with Gasteiger partial charge in [0.15, 0.2) is 0 Å². The Hall–Kier alpha value is -1.18. The molecule has 0 bridgehead atoms. The SMILES string of the molecule is Cc1cccc2c1NC(c1ccc(Cl)c(Cl)c1)C2. The second-order valence-electron chi connectivity index (χ2n) is 4.68. The van der Waals surface area contributed by atoms with E-state index in [9.17, 15) is 0 Å². The molecule has 1 atom stereocenters. The quantitative estimate of drug-likeness (QED) is 0.773. The van der Waals surface area contributed by atoms with Gasteiger partial charge in [-0.1, -0.05) is 47.5 Å². The molecule has 18 heavy (non-hydrogen) atoms. The van der Waals surface area contributed by atoms with Crippen LogP contribution in [-0.4, -0.2) is 0 Å². The molecule has 0 fully saturated rings. The Labute approximate surface area is 117 Å². The average Bonchev–Trinajstić information content (AvgIpc) is 2.78. The summed E-state index contributed by atoms with van der Waals surface area (Å²) >= 11 is 12.0. The van der Waals surface area contributed by atoms with E-state index in [4.69, 9.17) is 23.2 Å². The summed E-state index contributed by atoms with van der Waals surface area (Å²) in [5.74, 6) is 0. The third-order valence-electron chi connectivity index (χ3n) is 3.45. The molecule has 2 aromatic carbocycles. The van der Waals surface area contributed by atoms with Crippen molar-refractivity contribution >= 4 is 28.9 Å². The molecule has 0 aliphatic carbocycles. The van der Waals surface area contributed by atoms with Crippen LogP contribution < -0.4 is 5.32 Å². The van der Waals surface area contributed by atoms with Crippen LogP contribution in [0.4, 0.5) is 5.69 Å². The number of halogens is 2. The average molecular weight is 278 g/mol. The van der Waals surface area contributed by atoms with E-state index in [-0.39, 0.29) is 6.04 Å². The van der Waals surface area contributed by atoms with Crippen molar-refractivity contribution in [3.05, 3.63) is 63.1 Å². The van der Waals surface area contributed by atoms with Crippen LogP contribution >= 0.6 is 23.2 Å². The molecule has 1 aliphatic heterocycles. The van der Waals surface area contributed by atoms with E-state index < -0.39 is 0 Å². The van der Waals surface area contributed by atoms with Gasteiger partial charge in [-0.2, -0.15) is 0 Å². The lowest BCUT2D eigenvalue weighted by Crippen LogP contribution is -2.05. The molecular weight excluding hydrogens is 265 g/mol. The summed E-state index contributed by atoms with van der Waals surface area (Å²) in [6.07, 6.45) is 0.995. The van der Waals surface area contributed by atoms with Gasteiger partial charge in [0, 0.05) is 5.69 Å². The summed E-state index contributed by atoms with van der Waals surface area (Å²) in [6.45, 7) is 2.13. The predicted molar refractivity (Wildman–Crippen MR) is 77.7 cm³/mol. The Bertz CT molecular complexity index is 607. The molecule has 0 amide bonds. The van der Waals surface area contributed by atoms with Crippen LogP contribution in [0.25, 0.3) is 0 Å². The van der Waals surface area contributed by atoms with Gasteiger partial charge in [-0.3, -0.25) is 0 Å². The summed E-state index contributed by atoms with van der Waals surface area (Å²) in [5, 5.41) is 4.78. The molecule has 0 saturated carbocycles. The van der Waals surface area contributed by atoms with Crippen molar-refractivity contribution in [3.63, 3.8) is 0 Å². The normalized spacial score (nSPS) is 17.4. The Morgan fingerprint density at radius 3 is 2.67 bits per heavy atom. The Kier molecular flexibility index (Phi) is 2.96. The maximum atomic E-state index is 6.08. The number of fused-ring (bicyclic) bond motifs is 1. The molecule has 0 spiro atoms. The van der Waals surface area contributed by atoms with Crippen LogP contribution in [-0.2, 0) is 6.42 Å². The highest BCUT2D eigenvalue weighted by Gasteiger charge is 2.23.